The molecule has 150 valence electrons. The summed E-state index contributed by atoms with van der Waals surface area (Å²) >= 11 is 1.21. The van der Waals surface area contributed by atoms with Gasteiger partial charge in [0.05, 0.1) is 21.2 Å². The van der Waals surface area contributed by atoms with Crippen LogP contribution in [-0.2, 0) is 6.18 Å². The van der Waals surface area contributed by atoms with Gasteiger partial charge in [0.25, 0.3) is 5.56 Å². The Morgan fingerprint density at radius 3 is 2.63 bits per heavy atom. The van der Waals surface area contributed by atoms with Gasteiger partial charge in [-0.05, 0) is 42.5 Å². The molecule has 3 aromatic carbocycles. The maximum absolute atomic E-state index is 13.9. The van der Waals surface area contributed by atoms with Gasteiger partial charge in [-0.1, -0.05) is 17.4 Å². The molecule has 5 aromatic rings. The van der Waals surface area contributed by atoms with Crippen LogP contribution < -0.4 is 10.9 Å². The van der Waals surface area contributed by atoms with Crippen LogP contribution >= 0.6 is 11.3 Å². The molecule has 9 heteroatoms. The Balaban J connectivity index is 1.74. The van der Waals surface area contributed by atoms with Crippen LogP contribution in [0, 0.1) is 5.82 Å². The summed E-state index contributed by atoms with van der Waals surface area (Å²) in [7, 11) is 0. The van der Waals surface area contributed by atoms with Crippen LogP contribution in [0.25, 0.3) is 31.8 Å². The molecular weight excluding hydrogens is 418 g/mol. The lowest BCUT2D eigenvalue weighted by atomic mass is 10.0. The Kier molecular flexibility index (Phi) is 4.04. The van der Waals surface area contributed by atoms with E-state index in [0.29, 0.717) is 36.9 Å². The number of fused-ring (bicyclic) bond motifs is 6. The summed E-state index contributed by atoms with van der Waals surface area (Å²) in [4.78, 5) is 19.6. The highest BCUT2D eigenvalue weighted by atomic mass is 32.1. The molecule has 0 radical (unpaired) electrons. The minimum Gasteiger partial charge on any atom is -0.332 e. The zero-order valence-electron chi connectivity index (χ0n) is 15.0. The Morgan fingerprint density at radius 2 is 1.83 bits per heavy atom. The zero-order valence-corrected chi connectivity index (χ0v) is 15.8. The highest BCUT2D eigenvalue weighted by molar-refractivity contribution is 7.23. The first kappa shape index (κ1) is 18.6. The lowest BCUT2D eigenvalue weighted by Crippen LogP contribution is -2.05. The number of anilines is 2. The molecule has 0 unspecified atom stereocenters. The lowest BCUT2D eigenvalue weighted by Gasteiger charge is -2.08. The molecule has 2 heterocycles. The van der Waals surface area contributed by atoms with Gasteiger partial charge in [0.1, 0.15) is 5.82 Å². The second-order valence-corrected chi connectivity index (χ2v) is 7.68. The van der Waals surface area contributed by atoms with E-state index < -0.39 is 17.6 Å². The van der Waals surface area contributed by atoms with E-state index in [1.165, 1.54) is 41.8 Å². The topological polar surface area (TPSA) is 57.8 Å². The van der Waals surface area contributed by atoms with Crippen LogP contribution in [0.3, 0.4) is 0 Å². The maximum Gasteiger partial charge on any atom is 0.416 e. The molecule has 0 saturated heterocycles. The minimum absolute atomic E-state index is 0.237. The number of halogens is 4. The zero-order chi connectivity index (χ0) is 21.0. The first-order valence-electron chi connectivity index (χ1n) is 8.79. The van der Waals surface area contributed by atoms with Crippen LogP contribution in [0.2, 0.25) is 0 Å². The van der Waals surface area contributed by atoms with Crippen molar-refractivity contribution in [1.82, 2.24) is 9.97 Å². The summed E-state index contributed by atoms with van der Waals surface area (Å²) in [6.45, 7) is 0. The normalized spacial score (nSPS) is 12.1. The number of pyridine rings is 1. The van der Waals surface area contributed by atoms with Gasteiger partial charge in [0.2, 0.25) is 0 Å². The molecule has 0 aliphatic carbocycles. The molecule has 0 aliphatic rings. The van der Waals surface area contributed by atoms with E-state index in [1.54, 1.807) is 12.1 Å². The van der Waals surface area contributed by atoms with Gasteiger partial charge in [0.15, 0.2) is 5.13 Å². The van der Waals surface area contributed by atoms with E-state index >= 15 is 0 Å². The van der Waals surface area contributed by atoms with E-state index in [4.69, 9.17) is 0 Å². The third-order valence-electron chi connectivity index (χ3n) is 4.78. The highest BCUT2D eigenvalue weighted by Crippen LogP contribution is 2.39. The fraction of sp³-hybridized carbons (Fsp3) is 0.0476. The number of aromatic nitrogens is 2. The van der Waals surface area contributed by atoms with E-state index in [1.807, 2.05) is 0 Å². The monoisotopic (exact) mass is 429 g/mol. The van der Waals surface area contributed by atoms with Crippen molar-refractivity contribution >= 4 is 53.9 Å². The van der Waals surface area contributed by atoms with E-state index in [0.717, 1.165) is 12.1 Å². The fourth-order valence-electron chi connectivity index (χ4n) is 3.50. The van der Waals surface area contributed by atoms with Crippen molar-refractivity contribution in [1.29, 1.82) is 0 Å². The van der Waals surface area contributed by atoms with Gasteiger partial charge in [-0.3, -0.25) is 4.79 Å². The van der Waals surface area contributed by atoms with Crippen LogP contribution in [-0.4, -0.2) is 9.97 Å². The fourth-order valence-corrected chi connectivity index (χ4v) is 4.53. The smallest absolute Gasteiger partial charge is 0.332 e. The number of nitrogens with one attached hydrogen (secondary N) is 2. The first-order valence-corrected chi connectivity index (χ1v) is 9.60. The number of aromatic amines is 1. The number of H-pyrrole nitrogens is 1. The average molecular weight is 429 g/mol. The maximum atomic E-state index is 13.9. The molecule has 0 amide bonds. The van der Waals surface area contributed by atoms with Crippen molar-refractivity contribution < 1.29 is 17.6 Å². The largest absolute Gasteiger partial charge is 0.416 e. The standard InChI is InChI=1S/C21H11F4N3OS/c22-11-4-5-13-15(9-11)16-14(6-7-26-19(16)29)18-17(13)28-20(30-18)27-12-3-1-2-10(8-12)21(23,24)25/h1-9H,(H,26,29)(H,27,28). The third kappa shape index (κ3) is 2.98. The first-order chi connectivity index (χ1) is 14.3. The quantitative estimate of drug-likeness (QED) is 0.260. The average Bonchev–Trinajstić information content (AvgIpc) is 3.11. The lowest BCUT2D eigenvalue weighted by molar-refractivity contribution is -0.137. The number of alkyl halides is 3. The Morgan fingerprint density at radius 1 is 1.00 bits per heavy atom. The van der Waals surface area contributed by atoms with Crippen LogP contribution in [0.5, 0.6) is 0 Å². The van der Waals surface area contributed by atoms with Crippen molar-refractivity contribution in [3.8, 4) is 0 Å². The number of hydrogen-bond acceptors (Lipinski definition) is 4. The molecule has 30 heavy (non-hydrogen) atoms. The number of thiazole rings is 1. The van der Waals surface area contributed by atoms with Gasteiger partial charge >= 0.3 is 6.18 Å². The summed E-state index contributed by atoms with van der Waals surface area (Å²) in [5.41, 5.74) is -0.346. The van der Waals surface area contributed by atoms with Crippen molar-refractivity contribution in [2.24, 2.45) is 0 Å². The minimum atomic E-state index is -4.46. The molecule has 4 nitrogen and oxygen atoms in total. The van der Waals surface area contributed by atoms with E-state index in [2.05, 4.69) is 15.3 Å². The van der Waals surface area contributed by atoms with Crippen molar-refractivity contribution in [3.63, 3.8) is 0 Å². The van der Waals surface area contributed by atoms with Gasteiger partial charge in [-0.25, -0.2) is 9.37 Å². The summed E-state index contributed by atoms with van der Waals surface area (Å²) in [5, 5.41) is 5.23. The molecule has 0 spiro atoms. The molecule has 2 aromatic heterocycles. The van der Waals surface area contributed by atoms with Crippen molar-refractivity contribution in [2.75, 3.05) is 5.32 Å². The molecule has 5 rings (SSSR count). The number of rotatable bonds is 2. The van der Waals surface area contributed by atoms with Crippen molar-refractivity contribution in [2.45, 2.75) is 6.18 Å². The molecule has 0 fully saturated rings. The van der Waals surface area contributed by atoms with Gasteiger partial charge < -0.3 is 10.3 Å². The number of nitrogens with zero attached hydrogens (tertiary/aromatic N) is 1. The van der Waals surface area contributed by atoms with E-state index in [-0.39, 0.29) is 11.2 Å². The predicted octanol–water partition coefficient (Wildman–Crippen LogP) is 6.19. The van der Waals surface area contributed by atoms with Gasteiger partial charge in [-0.2, -0.15) is 13.2 Å². The van der Waals surface area contributed by atoms with E-state index in [9.17, 15) is 22.4 Å². The Bertz CT molecular complexity index is 1500. The van der Waals surface area contributed by atoms with Gasteiger partial charge in [-0.15, -0.1) is 0 Å². The predicted molar refractivity (Wildman–Crippen MR) is 110 cm³/mol. The summed E-state index contributed by atoms with van der Waals surface area (Å²) in [6.07, 6.45) is -2.96. The second kappa shape index (κ2) is 6.53. The molecule has 2 N–H and O–H groups in total. The van der Waals surface area contributed by atoms with Crippen LogP contribution in [0.15, 0.2) is 59.5 Å². The van der Waals surface area contributed by atoms with Crippen LogP contribution in [0.1, 0.15) is 5.56 Å². The summed E-state index contributed by atoms with van der Waals surface area (Å²) < 4.78 is 53.5. The molecule has 0 bridgehead atoms. The summed E-state index contributed by atoms with van der Waals surface area (Å²) in [5.74, 6) is -0.482. The van der Waals surface area contributed by atoms with Crippen LogP contribution in [0.4, 0.5) is 28.4 Å². The molecule has 0 atom stereocenters. The Labute approximate surface area is 169 Å². The third-order valence-corrected chi connectivity index (χ3v) is 5.78. The second-order valence-electron chi connectivity index (χ2n) is 6.69. The molecule has 0 aliphatic heterocycles. The number of benzene rings is 3. The highest BCUT2D eigenvalue weighted by Gasteiger charge is 2.30. The summed E-state index contributed by atoms with van der Waals surface area (Å²) in [6, 6.07) is 10.6. The molecular formula is C21H11F4N3OS. The van der Waals surface area contributed by atoms with Crippen molar-refractivity contribution in [3.05, 3.63) is 76.5 Å². The Hall–Kier alpha value is -3.46. The molecule has 0 saturated carbocycles. The number of hydrogen-bond donors (Lipinski definition) is 2. The van der Waals surface area contributed by atoms with Gasteiger partial charge in [0, 0.05) is 28.0 Å². The SMILES string of the molecule is O=c1[nH]ccc2c3sc(Nc4cccc(C(F)(F)F)c4)nc3c3ccc(F)cc3c12.